The van der Waals surface area contributed by atoms with Crippen molar-refractivity contribution in [2.24, 2.45) is 5.92 Å². The first-order valence-corrected chi connectivity index (χ1v) is 7.21. The number of halogens is 1. The molecular formula is C15H22FN3O. The lowest BCUT2D eigenvalue weighted by atomic mass is 9.99. The molecule has 0 bridgehead atoms. The van der Waals surface area contributed by atoms with Crippen LogP contribution in [0, 0.1) is 11.7 Å². The molecule has 2 rings (SSSR count). The topological polar surface area (TPSA) is 44.4 Å². The van der Waals surface area contributed by atoms with E-state index in [1.54, 1.807) is 17.0 Å². The summed E-state index contributed by atoms with van der Waals surface area (Å²) in [5.41, 5.74) is 0.496. The lowest BCUT2D eigenvalue weighted by molar-refractivity contribution is 0.197. The van der Waals surface area contributed by atoms with Gasteiger partial charge in [0.1, 0.15) is 5.82 Å². The zero-order valence-electron chi connectivity index (χ0n) is 11.9. The summed E-state index contributed by atoms with van der Waals surface area (Å²) in [7, 11) is 0. The van der Waals surface area contributed by atoms with E-state index in [9.17, 15) is 9.18 Å². The molecule has 0 radical (unpaired) electrons. The van der Waals surface area contributed by atoms with Gasteiger partial charge in [-0.2, -0.15) is 0 Å². The number of nitrogens with zero attached hydrogens (tertiary/aromatic N) is 1. The molecule has 1 aliphatic heterocycles. The molecule has 1 aromatic carbocycles. The number of hydrogen-bond donors (Lipinski definition) is 2. The number of carbonyl (C=O) groups excluding carboxylic acids is 1. The van der Waals surface area contributed by atoms with Crippen LogP contribution in [0.1, 0.15) is 19.8 Å². The van der Waals surface area contributed by atoms with Crippen molar-refractivity contribution in [3.63, 3.8) is 0 Å². The van der Waals surface area contributed by atoms with Gasteiger partial charge >= 0.3 is 6.03 Å². The summed E-state index contributed by atoms with van der Waals surface area (Å²) >= 11 is 0. The number of carbonyl (C=O) groups is 1. The Morgan fingerprint density at radius 3 is 3.05 bits per heavy atom. The summed E-state index contributed by atoms with van der Waals surface area (Å²) in [6.45, 7) is 5.38. The molecule has 0 spiro atoms. The molecule has 0 aliphatic carbocycles. The Morgan fingerprint density at radius 2 is 2.40 bits per heavy atom. The van der Waals surface area contributed by atoms with Crippen LogP contribution in [-0.4, -0.2) is 37.1 Å². The predicted octanol–water partition coefficient (Wildman–Crippen LogP) is 2.68. The second-order valence-electron chi connectivity index (χ2n) is 5.19. The Balaban J connectivity index is 1.91. The van der Waals surface area contributed by atoms with Crippen LogP contribution >= 0.6 is 0 Å². The molecule has 0 saturated carbocycles. The van der Waals surface area contributed by atoms with Crippen LogP contribution in [0.2, 0.25) is 0 Å². The zero-order valence-corrected chi connectivity index (χ0v) is 11.9. The third kappa shape index (κ3) is 4.20. The minimum Gasteiger partial charge on any atom is -0.324 e. The Labute approximate surface area is 119 Å². The van der Waals surface area contributed by atoms with Gasteiger partial charge in [-0.25, -0.2) is 9.18 Å². The normalized spacial score (nSPS) is 18.6. The van der Waals surface area contributed by atoms with Gasteiger partial charge in [-0.05, 0) is 57.0 Å². The van der Waals surface area contributed by atoms with Crippen LogP contribution in [-0.2, 0) is 0 Å². The maximum atomic E-state index is 13.1. The quantitative estimate of drug-likeness (QED) is 0.890. The van der Waals surface area contributed by atoms with Crippen LogP contribution in [0.4, 0.5) is 14.9 Å². The van der Waals surface area contributed by atoms with Gasteiger partial charge in [0.2, 0.25) is 0 Å². The third-order valence-electron chi connectivity index (χ3n) is 3.62. The highest BCUT2D eigenvalue weighted by Crippen LogP contribution is 2.14. The van der Waals surface area contributed by atoms with Gasteiger partial charge < -0.3 is 15.5 Å². The number of rotatable bonds is 4. The van der Waals surface area contributed by atoms with Crippen molar-refractivity contribution < 1.29 is 9.18 Å². The predicted molar refractivity (Wildman–Crippen MR) is 78.3 cm³/mol. The lowest BCUT2D eigenvalue weighted by Gasteiger charge is -2.29. The van der Waals surface area contributed by atoms with Gasteiger partial charge in [-0.15, -0.1) is 0 Å². The van der Waals surface area contributed by atoms with Gasteiger partial charge in [-0.1, -0.05) is 6.07 Å². The second-order valence-corrected chi connectivity index (χ2v) is 5.19. The molecular weight excluding hydrogens is 257 g/mol. The average molecular weight is 279 g/mol. The van der Waals surface area contributed by atoms with Crippen LogP contribution in [0.5, 0.6) is 0 Å². The fourth-order valence-corrected chi connectivity index (χ4v) is 2.52. The number of anilines is 1. The first-order chi connectivity index (χ1) is 9.69. The van der Waals surface area contributed by atoms with Crippen molar-refractivity contribution in [1.29, 1.82) is 0 Å². The van der Waals surface area contributed by atoms with Crippen molar-refractivity contribution >= 4 is 11.7 Å². The highest BCUT2D eigenvalue weighted by Gasteiger charge is 2.19. The Hall–Kier alpha value is -1.62. The maximum Gasteiger partial charge on any atom is 0.321 e. The van der Waals surface area contributed by atoms with Crippen molar-refractivity contribution in [3.8, 4) is 0 Å². The van der Waals surface area contributed by atoms with Crippen LogP contribution in [0.25, 0.3) is 0 Å². The van der Waals surface area contributed by atoms with Crippen LogP contribution < -0.4 is 10.6 Å². The second kappa shape index (κ2) is 7.24. The van der Waals surface area contributed by atoms with Gasteiger partial charge in [-0.3, -0.25) is 0 Å². The summed E-state index contributed by atoms with van der Waals surface area (Å²) in [5, 5.41) is 6.10. The number of hydrogen-bond acceptors (Lipinski definition) is 2. The van der Waals surface area contributed by atoms with E-state index in [4.69, 9.17) is 0 Å². The molecule has 1 unspecified atom stereocenters. The first kappa shape index (κ1) is 14.8. The average Bonchev–Trinajstić information content (AvgIpc) is 2.45. The lowest BCUT2D eigenvalue weighted by Crippen LogP contribution is -2.42. The van der Waals surface area contributed by atoms with Crippen molar-refractivity contribution in [2.75, 3.05) is 31.5 Å². The van der Waals surface area contributed by atoms with Gasteiger partial charge in [0.25, 0.3) is 0 Å². The molecule has 5 heteroatoms. The smallest absolute Gasteiger partial charge is 0.321 e. The molecule has 0 aromatic heterocycles. The third-order valence-corrected chi connectivity index (χ3v) is 3.62. The minimum atomic E-state index is -0.345. The number of piperidine rings is 1. The molecule has 1 fully saturated rings. The van der Waals surface area contributed by atoms with Crippen LogP contribution in [0.3, 0.4) is 0 Å². The fraction of sp³-hybridized carbons (Fsp3) is 0.533. The summed E-state index contributed by atoms with van der Waals surface area (Å²) in [6, 6.07) is 5.81. The number of urea groups is 1. The van der Waals surface area contributed by atoms with E-state index in [1.165, 1.54) is 12.1 Å². The highest BCUT2D eigenvalue weighted by atomic mass is 19.1. The molecule has 1 atom stereocenters. The summed E-state index contributed by atoms with van der Waals surface area (Å²) in [6.07, 6.45) is 2.31. The zero-order chi connectivity index (χ0) is 14.4. The van der Waals surface area contributed by atoms with E-state index in [0.29, 0.717) is 18.2 Å². The Kier molecular flexibility index (Phi) is 5.35. The molecule has 110 valence electrons. The monoisotopic (exact) mass is 279 g/mol. The standard InChI is InChI=1S/C15H22FN3O/c1-2-19(11-12-5-4-8-17-10-12)15(20)18-14-7-3-6-13(16)9-14/h3,6-7,9,12,17H,2,4-5,8,10-11H2,1H3,(H,18,20). The maximum absolute atomic E-state index is 13.1. The van der Waals surface area contributed by atoms with E-state index in [2.05, 4.69) is 10.6 Å². The number of benzene rings is 1. The van der Waals surface area contributed by atoms with Gasteiger partial charge in [0.15, 0.2) is 0 Å². The Morgan fingerprint density at radius 1 is 1.55 bits per heavy atom. The molecule has 20 heavy (non-hydrogen) atoms. The molecule has 2 amide bonds. The summed E-state index contributed by atoms with van der Waals surface area (Å²) in [4.78, 5) is 14.0. The molecule has 1 aliphatic rings. The number of amides is 2. The summed E-state index contributed by atoms with van der Waals surface area (Å²) < 4.78 is 13.1. The van der Waals surface area contributed by atoms with Crippen molar-refractivity contribution in [1.82, 2.24) is 10.2 Å². The molecule has 1 heterocycles. The van der Waals surface area contributed by atoms with E-state index in [0.717, 1.165) is 32.5 Å². The van der Waals surface area contributed by atoms with Crippen molar-refractivity contribution in [2.45, 2.75) is 19.8 Å². The largest absolute Gasteiger partial charge is 0.324 e. The molecule has 1 aromatic rings. The van der Waals surface area contributed by atoms with Crippen LogP contribution in [0.15, 0.2) is 24.3 Å². The Bertz CT molecular complexity index is 446. The van der Waals surface area contributed by atoms with Gasteiger partial charge in [0, 0.05) is 18.8 Å². The van der Waals surface area contributed by atoms with Gasteiger partial charge in [0.05, 0.1) is 0 Å². The van der Waals surface area contributed by atoms with E-state index >= 15 is 0 Å². The number of nitrogens with one attached hydrogen (secondary N) is 2. The molecule has 4 nitrogen and oxygen atoms in total. The summed E-state index contributed by atoms with van der Waals surface area (Å²) in [5.74, 6) is 0.157. The highest BCUT2D eigenvalue weighted by molar-refractivity contribution is 5.89. The molecule has 1 saturated heterocycles. The molecule has 2 N–H and O–H groups in total. The van der Waals surface area contributed by atoms with Crippen molar-refractivity contribution in [3.05, 3.63) is 30.1 Å². The van der Waals surface area contributed by atoms with E-state index < -0.39 is 0 Å². The first-order valence-electron chi connectivity index (χ1n) is 7.21. The fourth-order valence-electron chi connectivity index (χ4n) is 2.52. The van der Waals surface area contributed by atoms with E-state index in [1.807, 2.05) is 6.92 Å². The van der Waals surface area contributed by atoms with E-state index in [-0.39, 0.29) is 11.8 Å². The minimum absolute atomic E-state index is 0.163. The SMILES string of the molecule is CCN(CC1CCCNC1)C(=O)Nc1cccc(F)c1.